The number of hydrogen-bond acceptors (Lipinski definition) is 2. The monoisotopic (exact) mass is 249 g/mol. The molecule has 1 amide bonds. The van der Waals surface area contributed by atoms with Gasteiger partial charge >= 0.3 is 0 Å². The van der Waals surface area contributed by atoms with E-state index in [9.17, 15) is 4.79 Å². The second-order valence-electron chi connectivity index (χ2n) is 4.93. The number of likely N-dealkylation sites (tertiary alicyclic amines) is 1. The summed E-state index contributed by atoms with van der Waals surface area (Å²) in [6.45, 7) is 2.84. The smallest absolute Gasteiger partial charge is 0.226 e. The zero-order valence-corrected chi connectivity index (χ0v) is 10.8. The third-order valence-electron chi connectivity index (χ3n) is 3.65. The Morgan fingerprint density at radius 2 is 2.28 bits per heavy atom. The minimum Gasteiger partial charge on any atom is -0.496 e. The first-order valence-electron chi connectivity index (χ1n) is 6.45. The molecule has 98 valence electrons. The van der Waals surface area contributed by atoms with E-state index >= 15 is 0 Å². The largest absolute Gasteiger partial charge is 0.496 e. The van der Waals surface area contributed by atoms with Crippen LogP contribution in [-0.4, -0.2) is 26.1 Å². The van der Waals surface area contributed by atoms with Crippen LogP contribution >= 0.6 is 0 Å². The van der Waals surface area contributed by atoms with Crippen molar-refractivity contribution in [3.63, 3.8) is 0 Å². The molecule has 1 aromatic carbocycles. The highest BCUT2D eigenvalue weighted by Crippen LogP contribution is 2.16. The number of methoxy groups -OCH3 is 1. The summed E-state index contributed by atoms with van der Waals surface area (Å²) in [6, 6.07) is 8.05. The summed E-state index contributed by atoms with van der Waals surface area (Å²) in [4.78, 5) is 12.7. The van der Waals surface area contributed by atoms with E-state index < -0.39 is 0 Å². The topological polar surface area (TPSA) is 56.8 Å². The molecule has 18 heavy (non-hydrogen) atoms. The van der Waals surface area contributed by atoms with Crippen molar-refractivity contribution in [2.75, 3.05) is 20.2 Å². The lowest BCUT2D eigenvalue weighted by molar-refractivity contribution is -0.921. The highest BCUT2D eigenvalue weighted by Gasteiger charge is 2.27. The molecule has 1 unspecified atom stereocenters. The van der Waals surface area contributed by atoms with E-state index in [0.29, 0.717) is 0 Å². The van der Waals surface area contributed by atoms with Gasteiger partial charge in [0.2, 0.25) is 5.91 Å². The van der Waals surface area contributed by atoms with Crippen LogP contribution in [0.25, 0.3) is 0 Å². The third kappa shape index (κ3) is 3.01. The van der Waals surface area contributed by atoms with Crippen LogP contribution in [0.5, 0.6) is 5.75 Å². The molecule has 1 heterocycles. The lowest BCUT2D eigenvalue weighted by Crippen LogP contribution is -3.12. The molecule has 1 aliphatic heterocycles. The van der Waals surface area contributed by atoms with Crippen LogP contribution in [-0.2, 0) is 11.3 Å². The van der Waals surface area contributed by atoms with Crippen LogP contribution < -0.4 is 15.4 Å². The predicted molar refractivity (Wildman–Crippen MR) is 69.3 cm³/mol. The molecule has 0 aliphatic carbocycles. The van der Waals surface area contributed by atoms with Gasteiger partial charge in [0.05, 0.1) is 26.1 Å². The van der Waals surface area contributed by atoms with Crippen molar-refractivity contribution in [2.45, 2.75) is 19.4 Å². The van der Waals surface area contributed by atoms with Gasteiger partial charge in [0.1, 0.15) is 12.3 Å². The number of nitrogens with two attached hydrogens (primary N) is 1. The average Bonchev–Trinajstić information content (AvgIpc) is 2.39. The molecule has 0 radical (unpaired) electrons. The molecule has 2 rings (SSSR count). The number of ether oxygens (including phenoxy) is 1. The molecular weight excluding hydrogens is 228 g/mol. The molecule has 1 fully saturated rings. The van der Waals surface area contributed by atoms with E-state index in [1.165, 1.54) is 10.5 Å². The number of nitrogens with one attached hydrogen (secondary N) is 1. The highest BCUT2D eigenvalue weighted by molar-refractivity contribution is 5.76. The number of piperidine rings is 1. The fourth-order valence-electron chi connectivity index (χ4n) is 2.67. The highest BCUT2D eigenvalue weighted by atomic mass is 16.5. The summed E-state index contributed by atoms with van der Waals surface area (Å²) >= 11 is 0. The van der Waals surface area contributed by atoms with Crippen molar-refractivity contribution >= 4 is 5.91 Å². The number of carbonyl (C=O) groups is 1. The quantitative estimate of drug-likeness (QED) is 0.787. The zero-order valence-electron chi connectivity index (χ0n) is 10.8. The number of para-hydroxylation sites is 1. The van der Waals surface area contributed by atoms with Crippen molar-refractivity contribution < 1.29 is 14.4 Å². The molecule has 4 nitrogen and oxygen atoms in total. The van der Waals surface area contributed by atoms with Gasteiger partial charge in [-0.1, -0.05) is 12.1 Å². The zero-order chi connectivity index (χ0) is 13.0. The summed E-state index contributed by atoms with van der Waals surface area (Å²) in [5.74, 6) is 0.793. The van der Waals surface area contributed by atoms with Crippen molar-refractivity contribution in [3.05, 3.63) is 29.8 Å². The summed E-state index contributed by atoms with van der Waals surface area (Å²) in [6.07, 6.45) is 2.00. The van der Waals surface area contributed by atoms with Crippen LogP contribution in [0.1, 0.15) is 18.4 Å². The number of primary amides is 1. The van der Waals surface area contributed by atoms with E-state index in [1.54, 1.807) is 7.11 Å². The minimum absolute atomic E-state index is 0.0310. The van der Waals surface area contributed by atoms with Crippen molar-refractivity contribution in [2.24, 2.45) is 11.7 Å². The molecule has 4 heteroatoms. The second kappa shape index (κ2) is 5.87. The molecule has 0 spiro atoms. The van der Waals surface area contributed by atoms with Gasteiger partial charge in [-0.25, -0.2) is 0 Å². The Kier molecular flexibility index (Phi) is 4.20. The molecule has 1 aliphatic rings. The lowest BCUT2D eigenvalue weighted by atomic mass is 9.97. The normalized spacial score (nSPS) is 23.6. The SMILES string of the molecule is COc1ccccc1C[NH+]1CCC[C@H](C(N)=O)C1. The van der Waals surface area contributed by atoms with Gasteiger partial charge in [-0.2, -0.15) is 0 Å². The van der Waals surface area contributed by atoms with E-state index in [4.69, 9.17) is 10.5 Å². The van der Waals surface area contributed by atoms with Crippen LogP contribution in [0.3, 0.4) is 0 Å². The van der Waals surface area contributed by atoms with Gasteiger partial charge in [-0.3, -0.25) is 4.79 Å². The molecular formula is C14H21N2O2+. The summed E-state index contributed by atoms with van der Waals surface area (Å²) in [7, 11) is 1.69. The Balaban J connectivity index is 2.02. The molecule has 3 N–H and O–H groups in total. The number of rotatable bonds is 4. The first-order valence-corrected chi connectivity index (χ1v) is 6.45. The number of carbonyl (C=O) groups excluding carboxylic acids is 1. The number of hydrogen-bond donors (Lipinski definition) is 2. The maximum Gasteiger partial charge on any atom is 0.226 e. The fraction of sp³-hybridized carbons (Fsp3) is 0.500. The van der Waals surface area contributed by atoms with Gasteiger partial charge < -0.3 is 15.4 Å². The van der Waals surface area contributed by atoms with Gasteiger partial charge in [0.25, 0.3) is 0 Å². The molecule has 2 atom stereocenters. The van der Waals surface area contributed by atoms with Crippen LogP contribution in [0.4, 0.5) is 0 Å². The Morgan fingerprint density at radius 1 is 1.50 bits per heavy atom. The van der Waals surface area contributed by atoms with Crippen LogP contribution in [0.2, 0.25) is 0 Å². The minimum atomic E-state index is -0.160. The van der Waals surface area contributed by atoms with E-state index in [0.717, 1.165) is 38.2 Å². The van der Waals surface area contributed by atoms with E-state index in [2.05, 4.69) is 6.07 Å². The van der Waals surface area contributed by atoms with Crippen LogP contribution in [0, 0.1) is 5.92 Å². The van der Waals surface area contributed by atoms with E-state index in [-0.39, 0.29) is 11.8 Å². The Labute approximate surface area is 108 Å². The van der Waals surface area contributed by atoms with E-state index in [1.807, 2.05) is 18.2 Å². The Hall–Kier alpha value is -1.55. The first-order chi connectivity index (χ1) is 8.70. The molecule has 1 aromatic rings. The van der Waals surface area contributed by atoms with Gasteiger partial charge in [-0.15, -0.1) is 0 Å². The van der Waals surface area contributed by atoms with Crippen molar-refractivity contribution in [3.8, 4) is 5.75 Å². The molecule has 0 bridgehead atoms. The molecule has 1 saturated heterocycles. The van der Waals surface area contributed by atoms with Gasteiger partial charge in [-0.05, 0) is 25.0 Å². The van der Waals surface area contributed by atoms with Gasteiger partial charge in [0.15, 0.2) is 0 Å². The van der Waals surface area contributed by atoms with Crippen molar-refractivity contribution in [1.82, 2.24) is 0 Å². The summed E-state index contributed by atoms with van der Waals surface area (Å²) in [5, 5.41) is 0. The maximum atomic E-state index is 11.3. The average molecular weight is 249 g/mol. The predicted octanol–water partition coefficient (Wildman–Crippen LogP) is -0.0246. The molecule has 0 aromatic heterocycles. The maximum absolute atomic E-state index is 11.3. The van der Waals surface area contributed by atoms with Crippen molar-refractivity contribution in [1.29, 1.82) is 0 Å². The summed E-state index contributed by atoms with van der Waals surface area (Å²) in [5.41, 5.74) is 6.60. The first kappa shape index (κ1) is 12.9. The second-order valence-corrected chi connectivity index (χ2v) is 4.93. The molecule has 0 saturated carbocycles. The number of quaternary nitrogens is 1. The fourth-order valence-corrected chi connectivity index (χ4v) is 2.67. The third-order valence-corrected chi connectivity index (χ3v) is 3.65. The number of amides is 1. The van der Waals surface area contributed by atoms with Gasteiger partial charge in [0, 0.05) is 5.56 Å². The van der Waals surface area contributed by atoms with Crippen LogP contribution in [0.15, 0.2) is 24.3 Å². The summed E-state index contributed by atoms with van der Waals surface area (Å²) < 4.78 is 5.36. The lowest BCUT2D eigenvalue weighted by Gasteiger charge is -2.28. The Morgan fingerprint density at radius 3 is 3.00 bits per heavy atom. The standard InChI is InChI=1S/C14H20N2O2/c1-18-13-7-3-2-5-11(13)9-16-8-4-6-12(10-16)14(15)17/h2-3,5,7,12H,4,6,8-10H2,1H3,(H2,15,17)/p+1/t12-/m0/s1. The Bertz CT molecular complexity index is 420. The number of benzene rings is 1.